The Kier molecular flexibility index (Phi) is 5.35. The van der Waals surface area contributed by atoms with Gasteiger partial charge in [0.25, 0.3) is 5.91 Å². The van der Waals surface area contributed by atoms with Gasteiger partial charge in [0.15, 0.2) is 5.65 Å². The highest BCUT2D eigenvalue weighted by Gasteiger charge is 2.31. The minimum Gasteiger partial charge on any atom is -0.351 e. The third kappa shape index (κ3) is 4.03. The summed E-state index contributed by atoms with van der Waals surface area (Å²) in [5, 5.41) is 17.2. The van der Waals surface area contributed by atoms with E-state index in [0.29, 0.717) is 47.7 Å². The topological polar surface area (TPSA) is 86.4 Å². The number of aromatic nitrogens is 3. The highest BCUT2D eigenvalue weighted by molar-refractivity contribution is 7.10. The van der Waals surface area contributed by atoms with E-state index in [9.17, 15) is 18.0 Å². The predicted molar refractivity (Wildman–Crippen MR) is 122 cm³/mol. The molecule has 0 unspecified atom stereocenters. The molecule has 0 fully saturated rings. The fraction of sp³-hybridized carbons (Fsp3) is 0.217. The summed E-state index contributed by atoms with van der Waals surface area (Å²) in [7, 11) is 0. The van der Waals surface area contributed by atoms with Crippen LogP contribution in [-0.4, -0.2) is 37.8 Å². The van der Waals surface area contributed by atoms with E-state index in [4.69, 9.17) is 5.41 Å². The summed E-state index contributed by atoms with van der Waals surface area (Å²) >= 11 is 1.41. The number of anilines is 1. The van der Waals surface area contributed by atoms with E-state index in [1.807, 2.05) is 4.90 Å². The zero-order valence-electron chi connectivity index (χ0n) is 18.0. The highest BCUT2D eigenvalue weighted by atomic mass is 32.1. The average molecular weight is 485 g/mol. The first-order valence-electron chi connectivity index (χ1n) is 10.4. The molecule has 4 heterocycles. The lowest BCUT2D eigenvalue weighted by molar-refractivity contribution is -0.137. The van der Waals surface area contributed by atoms with E-state index in [-0.39, 0.29) is 5.69 Å². The number of aryl methyl sites for hydroxylation is 1. The molecule has 7 nitrogen and oxygen atoms in total. The second-order valence-corrected chi connectivity index (χ2v) is 9.02. The fourth-order valence-corrected chi connectivity index (χ4v) is 5.19. The zero-order valence-corrected chi connectivity index (χ0v) is 18.8. The number of fused-ring (bicyclic) bond motifs is 2. The lowest BCUT2D eigenvalue weighted by atomic mass is 10.0. The van der Waals surface area contributed by atoms with Crippen molar-refractivity contribution in [2.24, 2.45) is 0 Å². The van der Waals surface area contributed by atoms with Crippen molar-refractivity contribution in [3.05, 3.63) is 80.9 Å². The standard InChI is InChI=1S/C23H19F3N6OS/c1-13-7-14(23(24,25)26)9-15(8-13)30-22(33)18-12-34-19-11-31(6-3-16(18)19)20(27)17-10-29-32-5-2-4-28-21(17)32/h2,4-5,7-10,12,27H,3,6,11H2,1H3,(H,30,33). The number of hydrogen-bond donors (Lipinski definition) is 2. The first-order valence-corrected chi connectivity index (χ1v) is 11.3. The van der Waals surface area contributed by atoms with Crippen LogP contribution in [0.15, 0.2) is 48.2 Å². The Balaban J connectivity index is 1.34. The Hall–Kier alpha value is -3.73. The molecule has 0 atom stereocenters. The summed E-state index contributed by atoms with van der Waals surface area (Å²) in [6.07, 6.45) is 1.09. The van der Waals surface area contributed by atoms with Gasteiger partial charge in [-0.1, -0.05) is 0 Å². The molecule has 0 saturated carbocycles. The number of carbonyl (C=O) groups is 1. The van der Waals surface area contributed by atoms with E-state index in [1.54, 1.807) is 41.5 Å². The maximum absolute atomic E-state index is 13.1. The molecule has 3 aromatic heterocycles. The van der Waals surface area contributed by atoms with Crippen molar-refractivity contribution in [3.8, 4) is 0 Å². The summed E-state index contributed by atoms with van der Waals surface area (Å²) in [6, 6.07) is 5.26. The number of nitrogens with one attached hydrogen (secondary N) is 2. The van der Waals surface area contributed by atoms with Crippen molar-refractivity contribution in [1.82, 2.24) is 19.5 Å². The van der Waals surface area contributed by atoms with Gasteiger partial charge in [0.05, 0.1) is 29.4 Å². The molecule has 1 aromatic carbocycles. The monoisotopic (exact) mass is 484 g/mol. The molecule has 0 radical (unpaired) electrons. The molecule has 174 valence electrons. The van der Waals surface area contributed by atoms with Crippen LogP contribution in [0.2, 0.25) is 0 Å². The molecule has 5 rings (SSSR count). The molecule has 34 heavy (non-hydrogen) atoms. The predicted octanol–water partition coefficient (Wildman–Crippen LogP) is 4.75. The Morgan fingerprint density at radius 1 is 1.24 bits per heavy atom. The first kappa shape index (κ1) is 22.1. The zero-order chi connectivity index (χ0) is 24.0. The molecule has 0 spiro atoms. The number of halogens is 3. The largest absolute Gasteiger partial charge is 0.416 e. The van der Waals surface area contributed by atoms with Crippen LogP contribution in [0.4, 0.5) is 18.9 Å². The quantitative estimate of drug-likeness (QED) is 0.325. The van der Waals surface area contributed by atoms with E-state index >= 15 is 0 Å². The molecule has 0 bridgehead atoms. The number of amides is 1. The molecular weight excluding hydrogens is 465 g/mol. The van der Waals surface area contributed by atoms with Crippen molar-refractivity contribution < 1.29 is 18.0 Å². The van der Waals surface area contributed by atoms with Gasteiger partial charge in [-0.15, -0.1) is 11.3 Å². The summed E-state index contributed by atoms with van der Waals surface area (Å²) in [4.78, 5) is 20.1. The number of alkyl halides is 3. The second kappa shape index (κ2) is 8.24. The minimum atomic E-state index is -4.49. The number of carbonyl (C=O) groups excluding carboxylic acids is 1. The van der Waals surface area contributed by atoms with Gasteiger partial charge in [0, 0.05) is 34.9 Å². The van der Waals surface area contributed by atoms with Crippen LogP contribution in [0, 0.1) is 12.3 Å². The molecule has 1 amide bonds. The third-order valence-corrected chi connectivity index (χ3v) is 6.72. The van der Waals surface area contributed by atoms with Crippen molar-refractivity contribution in [2.75, 3.05) is 11.9 Å². The lowest BCUT2D eigenvalue weighted by Crippen LogP contribution is -2.36. The highest BCUT2D eigenvalue weighted by Crippen LogP contribution is 2.33. The summed E-state index contributed by atoms with van der Waals surface area (Å²) in [5.41, 5.74) is 2.27. The van der Waals surface area contributed by atoms with Crippen LogP contribution in [-0.2, 0) is 19.1 Å². The summed E-state index contributed by atoms with van der Waals surface area (Å²) < 4.78 is 41.0. The van der Waals surface area contributed by atoms with Gasteiger partial charge < -0.3 is 10.2 Å². The number of amidine groups is 1. The third-order valence-electron chi connectivity index (χ3n) is 5.70. The Morgan fingerprint density at radius 2 is 2.06 bits per heavy atom. The second-order valence-electron chi connectivity index (χ2n) is 8.06. The van der Waals surface area contributed by atoms with E-state index in [0.717, 1.165) is 22.6 Å². The van der Waals surface area contributed by atoms with Crippen molar-refractivity contribution in [1.29, 1.82) is 5.41 Å². The smallest absolute Gasteiger partial charge is 0.351 e. The van der Waals surface area contributed by atoms with Crippen molar-refractivity contribution in [3.63, 3.8) is 0 Å². The van der Waals surface area contributed by atoms with Crippen LogP contribution in [0.1, 0.15) is 37.5 Å². The molecule has 1 aliphatic rings. The molecule has 0 saturated heterocycles. The average Bonchev–Trinajstić information content (AvgIpc) is 3.41. The van der Waals surface area contributed by atoms with E-state index in [2.05, 4.69) is 15.4 Å². The fourth-order valence-electron chi connectivity index (χ4n) is 4.09. The first-order chi connectivity index (χ1) is 16.2. The van der Waals surface area contributed by atoms with Gasteiger partial charge in [0.2, 0.25) is 0 Å². The molecule has 4 aromatic rings. The Bertz CT molecular complexity index is 1420. The van der Waals surface area contributed by atoms with E-state index in [1.165, 1.54) is 17.4 Å². The molecule has 11 heteroatoms. The van der Waals surface area contributed by atoms with Crippen LogP contribution in [0.5, 0.6) is 0 Å². The van der Waals surface area contributed by atoms with Crippen LogP contribution >= 0.6 is 11.3 Å². The number of nitrogens with zero attached hydrogens (tertiary/aromatic N) is 4. The lowest BCUT2D eigenvalue weighted by Gasteiger charge is -2.29. The van der Waals surface area contributed by atoms with Gasteiger partial charge in [0.1, 0.15) is 5.84 Å². The summed E-state index contributed by atoms with van der Waals surface area (Å²) in [6.45, 7) is 2.54. The Morgan fingerprint density at radius 3 is 2.85 bits per heavy atom. The van der Waals surface area contributed by atoms with Crippen LogP contribution in [0.25, 0.3) is 5.65 Å². The molecule has 0 aliphatic carbocycles. The maximum atomic E-state index is 13.1. The number of thiophene rings is 1. The van der Waals surface area contributed by atoms with Gasteiger partial charge in [-0.05, 0) is 48.7 Å². The normalized spacial score (nSPS) is 13.7. The van der Waals surface area contributed by atoms with Gasteiger partial charge in [-0.2, -0.15) is 18.3 Å². The summed E-state index contributed by atoms with van der Waals surface area (Å²) in [5.74, 6) is -0.134. The van der Waals surface area contributed by atoms with Crippen LogP contribution in [0.3, 0.4) is 0 Å². The SMILES string of the molecule is Cc1cc(NC(=O)c2csc3c2CCN(C(=N)c2cnn4cccnc24)C3)cc(C(F)(F)F)c1. The van der Waals surface area contributed by atoms with Crippen molar-refractivity contribution >= 4 is 34.4 Å². The Labute approximate surface area is 196 Å². The number of hydrogen-bond acceptors (Lipinski definition) is 5. The van der Waals surface area contributed by atoms with Crippen molar-refractivity contribution in [2.45, 2.75) is 26.1 Å². The minimum absolute atomic E-state index is 0.108. The maximum Gasteiger partial charge on any atom is 0.416 e. The van der Waals surface area contributed by atoms with Gasteiger partial charge in [-0.3, -0.25) is 10.2 Å². The number of rotatable bonds is 3. The number of benzene rings is 1. The van der Waals surface area contributed by atoms with E-state index < -0.39 is 17.6 Å². The van der Waals surface area contributed by atoms with Crippen LogP contribution < -0.4 is 5.32 Å². The molecular formula is C23H19F3N6OS. The molecule has 1 aliphatic heterocycles. The van der Waals surface area contributed by atoms with Gasteiger partial charge >= 0.3 is 6.18 Å². The van der Waals surface area contributed by atoms with Gasteiger partial charge in [-0.25, -0.2) is 9.50 Å². The molecule has 2 N–H and O–H groups in total.